The Bertz CT molecular complexity index is 1460. The van der Waals surface area contributed by atoms with Crippen molar-refractivity contribution in [1.29, 1.82) is 5.26 Å². The van der Waals surface area contributed by atoms with Gasteiger partial charge in [-0.15, -0.1) is 0 Å². The molecule has 0 saturated carbocycles. The number of Topliss-reactive ketones (excluding diaryl/α,β-unsaturated/α-hetero) is 2. The summed E-state index contributed by atoms with van der Waals surface area (Å²) in [6.45, 7) is 3.94. The fourth-order valence-electron chi connectivity index (χ4n) is 4.06. The molecule has 0 aliphatic rings. The Morgan fingerprint density at radius 3 is 2.65 bits per heavy atom. The zero-order valence-corrected chi connectivity index (χ0v) is 19.6. The van der Waals surface area contributed by atoms with Gasteiger partial charge in [-0.05, 0) is 50.8 Å². The fourth-order valence-corrected chi connectivity index (χ4v) is 4.06. The molecular weight excluding hydrogens is 430 g/mol. The van der Waals surface area contributed by atoms with Crippen molar-refractivity contribution in [2.45, 2.75) is 26.7 Å². The number of rotatable bonds is 8. The predicted molar refractivity (Wildman–Crippen MR) is 129 cm³/mol. The first-order valence-electron chi connectivity index (χ1n) is 11.0. The van der Waals surface area contributed by atoms with Crippen molar-refractivity contribution in [2.24, 2.45) is 0 Å². The van der Waals surface area contributed by atoms with Crippen LogP contribution in [0, 0.1) is 18.3 Å². The molecule has 0 aliphatic heterocycles. The number of ether oxygens (including phenoxy) is 1. The highest BCUT2D eigenvalue weighted by molar-refractivity contribution is 6.08. The molecule has 7 nitrogen and oxygen atoms in total. The summed E-state index contributed by atoms with van der Waals surface area (Å²) >= 11 is 0. The van der Waals surface area contributed by atoms with Gasteiger partial charge in [-0.25, -0.2) is 0 Å². The smallest absolute Gasteiger partial charge is 0.166 e. The van der Waals surface area contributed by atoms with E-state index in [1.165, 1.54) is 6.20 Å². The van der Waals surface area contributed by atoms with Crippen LogP contribution in [0.25, 0.3) is 21.9 Å². The molecule has 0 fully saturated rings. The first-order valence-corrected chi connectivity index (χ1v) is 11.0. The highest BCUT2D eigenvalue weighted by atomic mass is 16.5. The molecule has 4 rings (SSSR count). The molecule has 4 aromatic rings. The standard InChI is InChI=1S/C27H25N3O4/c1-5-24(32)26-16(2)33-25-12-20(7-8-21(25)26)34-27-18(13-28)14-29-23-9-6-17(11-22(23)27)10-19(31)15-30(3)4/h6-9,11-12,14H,5,10,15H2,1-4H3. The molecule has 7 heteroatoms. The van der Waals surface area contributed by atoms with Crippen LogP contribution in [-0.4, -0.2) is 42.1 Å². The van der Waals surface area contributed by atoms with Crippen molar-refractivity contribution in [3.63, 3.8) is 0 Å². The lowest BCUT2D eigenvalue weighted by Gasteiger charge is -2.12. The van der Waals surface area contributed by atoms with Crippen LogP contribution >= 0.6 is 0 Å². The molecule has 2 heterocycles. The second-order valence-electron chi connectivity index (χ2n) is 8.49. The van der Waals surface area contributed by atoms with E-state index in [0.29, 0.717) is 52.3 Å². The number of ketones is 2. The molecule has 0 spiro atoms. The third kappa shape index (κ3) is 4.54. The van der Waals surface area contributed by atoms with Crippen LogP contribution in [0.4, 0.5) is 0 Å². The third-order valence-corrected chi connectivity index (χ3v) is 5.55. The summed E-state index contributed by atoms with van der Waals surface area (Å²) in [6.07, 6.45) is 2.14. The molecule has 34 heavy (non-hydrogen) atoms. The van der Waals surface area contributed by atoms with Crippen molar-refractivity contribution in [3.05, 3.63) is 65.0 Å². The number of carbonyl (C=O) groups is 2. The second kappa shape index (κ2) is 9.46. The SMILES string of the molecule is CCC(=O)c1c(C)oc2cc(Oc3c(C#N)cnc4ccc(CC(=O)CN(C)C)cc34)ccc12. The number of aromatic nitrogens is 1. The predicted octanol–water partition coefficient (Wildman–Crippen LogP) is 5.22. The van der Waals surface area contributed by atoms with Crippen LogP contribution in [0.5, 0.6) is 11.5 Å². The number of fused-ring (bicyclic) bond motifs is 2. The van der Waals surface area contributed by atoms with Crippen molar-refractivity contribution in [3.8, 4) is 17.6 Å². The van der Waals surface area contributed by atoms with Gasteiger partial charge >= 0.3 is 0 Å². The van der Waals surface area contributed by atoms with Gasteiger partial charge in [0.25, 0.3) is 0 Å². The normalized spacial score (nSPS) is 11.2. The topological polar surface area (TPSA) is 96.4 Å². The fraction of sp³-hybridized carbons (Fsp3) is 0.259. The molecule has 172 valence electrons. The highest BCUT2D eigenvalue weighted by Crippen LogP contribution is 2.36. The minimum Gasteiger partial charge on any atom is -0.460 e. The Balaban J connectivity index is 1.75. The molecule has 0 aliphatic carbocycles. The molecule has 0 atom stereocenters. The van der Waals surface area contributed by atoms with Gasteiger partial charge in [-0.2, -0.15) is 5.26 Å². The highest BCUT2D eigenvalue weighted by Gasteiger charge is 2.19. The van der Waals surface area contributed by atoms with Gasteiger partial charge in [0.05, 0.1) is 17.6 Å². The summed E-state index contributed by atoms with van der Waals surface area (Å²) in [6, 6.07) is 12.9. The second-order valence-corrected chi connectivity index (χ2v) is 8.49. The van der Waals surface area contributed by atoms with E-state index in [0.717, 1.165) is 10.9 Å². The zero-order valence-electron chi connectivity index (χ0n) is 19.6. The number of furan rings is 1. The molecule has 0 unspecified atom stereocenters. The summed E-state index contributed by atoms with van der Waals surface area (Å²) < 4.78 is 12.0. The van der Waals surface area contributed by atoms with Crippen molar-refractivity contribution >= 4 is 33.4 Å². The van der Waals surface area contributed by atoms with Crippen LogP contribution in [-0.2, 0) is 11.2 Å². The third-order valence-electron chi connectivity index (χ3n) is 5.55. The molecule has 2 aromatic carbocycles. The lowest BCUT2D eigenvalue weighted by atomic mass is 10.0. The van der Waals surface area contributed by atoms with Gasteiger partial charge < -0.3 is 14.1 Å². The molecule has 0 N–H and O–H groups in total. The Morgan fingerprint density at radius 1 is 1.15 bits per heavy atom. The van der Waals surface area contributed by atoms with E-state index in [4.69, 9.17) is 9.15 Å². The van der Waals surface area contributed by atoms with Gasteiger partial charge in [0.2, 0.25) is 0 Å². The Kier molecular flexibility index (Phi) is 6.44. The average molecular weight is 456 g/mol. The maximum atomic E-state index is 12.3. The number of benzene rings is 2. The Labute approximate surface area is 197 Å². The summed E-state index contributed by atoms with van der Waals surface area (Å²) in [7, 11) is 3.71. The van der Waals surface area contributed by atoms with Gasteiger partial charge in [-0.3, -0.25) is 14.6 Å². The van der Waals surface area contributed by atoms with Crippen molar-refractivity contribution < 1.29 is 18.7 Å². The Morgan fingerprint density at radius 2 is 1.94 bits per heavy atom. The van der Waals surface area contributed by atoms with Gasteiger partial charge in [0.15, 0.2) is 17.3 Å². The average Bonchev–Trinajstić information content (AvgIpc) is 3.13. The number of likely N-dealkylation sites (N-methyl/N-ethyl adjacent to an activating group) is 1. The minimum atomic E-state index is 0.0214. The van der Waals surface area contributed by atoms with E-state index in [1.807, 2.05) is 44.1 Å². The lowest BCUT2D eigenvalue weighted by Crippen LogP contribution is -2.22. The lowest BCUT2D eigenvalue weighted by molar-refractivity contribution is -0.119. The number of nitrogens with zero attached hydrogens (tertiary/aromatic N) is 3. The van der Waals surface area contributed by atoms with Gasteiger partial charge in [0.1, 0.15) is 28.7 Å². The summed E-state index contributed by atoms with van der Waals surface area (Å²) in [5.41, 5.74) is 2.88. The number of aryl methyl sites for hydroxylation is 1. The number of hydrogen-bond acceptors (Lipinski definition) is 7. The van der Waals surface area contributed by atoms with E-state index < -0.39 is 0 Å². The van der Waals surface area contributed by atoms with Gasteiger partial charge in [0, 0.05) is 35.9 Å². The molecule has 0 saturated heterocycles. The zero-order chi connectivity index (χ0) is 24.4. The number of nitriles is 1. The number of hydrogen-bond donors (Lipinski definition) is 0. The summed E-state index contributed by atoms with van der Waals surface area (Å²) in [5, 5.41) is 11.1. The quantitative estimate of drug-likeness (QED) is 0.336. The number of carbonyl (C=O) groups excluding carboxylic acids is 2. The van der Waals surface area contributed by atoms with Crippen LogP contribution in [0.2, 0.25) is 0 Å². The van der Waals surface area contributed by atoms with E-state index in [-0.39, 0.29) is 23.6 Å². The van der Waals surface area contributed by atoms with E-state index >= 15 is 0 Å². The molecule has 0 bridgehead atoms. The Hall–Kier alpha value is -4.02. The summed E-state index contributed by atoms with van der Waals surface area (Å²) in [5.74, 6) is 1.51. The maximum Gasteiger partial charge on any atom is 0.166 e. The van der Waals surface area contributed by atoms with Crippen molar-refractivity contribution in [2.75, 3.05) is 20.6 Å². The maximum absolute atomic E-state index is 12.3. The number of pyridine rings is 1. The minimum absolute atomic E-state index is 0.0214. The van der Waals surface area contributed by atoms with Gasteiger partial charge in [-0.1, -0.05) is 13.0 Å². The first-order chi connectivity index (χ1) is 16.3. The van der Waals surface area contributed by atoms with Crippen LogP contribution in [0.15, 0.2) is 47.0 Å². The van der Waals surface area contributed by atoms with Crippen LogP contribution in [0.1, 0.15) is 40.6 Å². The molecule has 2 aromatic heterocycles. The first kappa shape index (κ1) is 23.1. The van der Waals surface area contributed by atoms with E-state index in [2.05, 4.69) is 11.1 Å². The largest absolute Gasteiger partial charge is 0.460 e. The van der Waals surface area contributed by atoms with E-state index in [9.17, 15) is 14.9 Å². The molecule has 0 radical (unpaired) electrons. The van der Waals surface area contributed by atoms with Crippen LogP contribution in [0.3, 0.4) is 0 Å². The van der Waals surface area contributed by atoms with Crippen molar-refractivity contribution in [1.82, 2.24) is 9.88 Å². The monoisotopic (exact) mass is 455 g/mol. The van der Waals surface area contributed by atoms with E-state index in [1.54, 1.807) is 25.1 Å². The summed E-state index contributed by atoms with van der Waals surface area (Å²) in [4.78, 5) is 30.8. The molecule has 0 amide bonds. The molecular formula is C27H25N3O4. The van der Waals surface area contributed by atoms with Crippen LogP contribution < -0.4 is 4.74 Å².